The van der Waals surface area contributed by atoms with Crippen LogP contribution in [-0.4, -0.2) is 42.9 Å². The number of hydrogen-bond donors (Lipinski definition) is 1. The molecule has 10 heteroatoms. The fourth-order valence-corrected chi connectivity index (χ4v) is 4.34. The van der Waals surface area contributed by atoms with Gasteiger partial charge in [0.05, 0.1) is 24.5 Å². The molecule has 8 nitrogen and oxygen atoms in total. The molecule has 1 unspecified atom stereocenters. The average molecular weight is 465 g/mol. The third-order valence-corrected chi connectivity index (χ3v) is 5.99. The Morgan fingerprint density at radius 1 is 1.19 bits per heavy atom. The van der Waals surface area contributed by atoms with Crippen molar-refractivity contribution in [1.29, 1.82) is 0 Å². The van der Waals surface area contributed by atoms with Crippen molar-refractivity contribution >= 4 is 51.5 Å². The summed E-state index contributed by atoms with van der Waals surface area (Å²) < 4.78 is 10.1. The van der Waals surface area contributed by atoms with Gasteiger partial charge in [0, 0.05) is 17.0 Å². The van der Waals surface area contributed by atoms with Crippen LogP contribution in [0.5, 0.6) is 0 Å². The van der Waals surface area contributed by atoms with E-state index in [1.54, 1.807) is 39.0 Å². The molecule has 164 valence electrons. The van der Waals surface area contributed by atoms with Crippen LogP contribution < -0.4 is 5.32 Å². The molecule has 3 rings (SSSR count). The Kier molecular flexibility index (Phi) is 7.29. The van der Waals surface area contributed by atoms with Gasteiger partial charge in [0.15, 0.2) is 0 Å². The molecule has 1 N–H and O–H groups in total. The van der Waals surface area contributed by atoms with E-state index in [0.29, 0.717) is 21.9 Å². The standard InChI is InChI=1S/C21H21ClN2O6S/c1-4-28-20(26)16-11(3)17(21(27)29-5-2)31-19(16)23-18(25)15-10-14(24-30-15)12-8-6-7-9-13(12)22/h6-9,15H,4-5,10H2,1-3H3,(H,23,25). The van der Waals surface area contributed by atoms with Crippen molar-refractivity contribution in [1.82, 2.24) is 0 Å². The highest BCUT2D eigenvalue weighted by atomic mass is 35.5. The van der Waals surface area contributed by atoms with E-state index in [-0.39, 0.29) is 35.1 Å². The predicted octanol–water partition coefficient (Wildman–Crippen LogP) is 4.20. The maximum absolute atomic E-state index is 12.8. The second-order valence-corrected chi connectivity index (χ2v) is 7.93. The number of carbonyl (C=O) groups excluding carboxylic acids is 3. The van der Waals surface area contributed by atoms with Gasteiger partial charge < -0.3 is 19.6 Å². The van der Waals surface area contributed by atoms with Crippen molar-refractivity contribution in [2.75, 3.05) is 18.5 Å². The largest absolute Gasteiger partial charge is 0.462 e. The molecule has 1 aromatic heterocycles. The van der Waals surface area contributed by atoms with Crippen molar-refractivity contribution in [3.63, 3.8) is 0 Å². The lowest BCUT2D eigenvalue weighted by atomic mass is 10.0. The molecule has 1 aliphatic heterocycles. The number of esters is 2. The summed E-state index contributed by atoms with van der Waals surface area (Å²) in [5.74, 6) is -1.71. The second kappa shape index (κ2) is 9.93. The number of rotatable bonds is 7. The second-order valence-electron chi connectivity index (χ2n) is 6.51. The lowest BCUT2D eigenvalue weighted by Crippen LogP contribution is -2.28. The summed E-state index contributed by atoms with van der Waals surface area (Å²) in [4.78, 5) is 43.1. The number of carbonyl (C=O) groups is 3. The van der Waals surface area contributed by atoms with Crippen LogP contribution in [-0.2, 0) is 19.1 Å². The molecule has 0 radical (unpaired) electrons. The lowest BCUT2D eigenvalue weighted by molar-refractivity contribution is -0.125. The third-order valence-electron chi connectivity index (χ3n) is 4.47. The van der Waals surface area contributed by atoms with Gasteiger partial charge in [0.1, 0.15) is 9.88 Å². The Bertz CT molecular complexity index is 1050. The minimum absolute atomic E-state index is 0.119. The van der Waals surface area contributed by atoms with E-state index in [1.165, 1.54) is 0 Å². The normalized spacial score (nSPS) is 15.1. The molecule has 0 bridgehead atoms. The van der Waals surface area contributed by atoms with Gasteiger partial charge in [-0.25, -0.2) is 9.59 Å². The number of ether oxygens (including phenoxy) is 2. The number of benzene rings is 1. The molecular formula is C21H21ClN2O6S. The Balaban J connectivity index is 1.81. The van der Waals surface area contributed by atoms with Crippen LogP contribution in [0, 0.1) is 6.92 Å². The molecule has 0 saturated heterocycles. The molecule has 1 aromatic carbocycles. The molecular weight excluding hydrogens is 444 g/mol. The number of thiophene rings is 1. The Hall–Kier alpha value is -2.91. The van der Waals surface area contributed by atoms with Crippen molar-refractivity contribution < 1.29 is 28.7 Å². The fourth-order valence-electron chi connectivity index (χ4n) is 3.01. The molecule has 1 aliphatic rings. The molecule has 31 heavy (non-hydrogen) atoms. The first-order valence-electron chi connectivity index (χ1n) is 9.63. The summed E-state index contributed by atoms with van der Waals surface area (Å²) in [5.41, 5.74) is 1.74. The quantitative estimate of drug-likeness (QED) is 0.616. The Morgan fingerprint density at radius 3 is 2.55 bits per heavy atom. The molecule has 2 aromatic rings. The summed E-state index contributed by atoms with van der Waals surface area (Å²) in [6.07, 6.45) is -0.700. The van der Waals surface area contributed by atoms with Crippen LogP contribution in [0.4, 0.5) is 5.00 Å². The van der Waals surface area contributed by atoms with Gasteiger partial charge in [-0.15, -0.1) is 11.3 Å². The van der Waals surface area contributed by atoms with E-state index in [9.17, 15) is 14.4 Å². The van der Waals surface area contributed by atoms with Crippen LogP contribution in [0.1, 0.15) is 51.4 Å². The van der Waals surface area contributed by atoms with Gasteiger partial charge in [-0.3, -0.25) is 4.79 Å². The van der Waals surface area contributed by atoms with E-state index in [0.717, 1.165) is 11.3 Å². The van der Waals surface area contributed by atoms with Gasteiger partial charge in [0.25, 0.3) is 5.91 Å². The molecule has 0 saturated carbocycles. The highest BCUT2D eigenvalue weighted by molar-refractivity contribution is 7.18. The maximum atomic E-state index is 12.8. The average Bonchev–Trinajstić information content (AvgIpc) is 3.34. The van der Waals surface area contributed by atoms with E-state index < -0.39 is 23.9 Å². The molecule has 0 fully saturated rings. The van der Waals surface area contributed by atoms with Crippen LogP contribution in [0.25, 0.3) is 0 Å². The number of nitrogens with one attached hydrogen (secondary N) is 1. The predicted molar refractivity (Wildman–Crippen MR) is 117 cm³/mol. The summed E-state index contributed by atoms with van der Waals surface area (Å²) in [7, 11) is 0. The highest BCUT2D eigenvalue weighted by Gasteiger charge is 2.33. The van der Waals surface area contributed by atoms with Crippen molar-refractivity contribution in [3.8, 4) is 0 Å². The summed E-state index contributed by atoms with van der Waals surface area (Å²) in [6.45, 7) is 5.30. The van der Waals surface area contributed by atoms with Crippen molar-refractivity contribution in [2.24, 2.45) is 5.16 Å². The SMILES string of the molecule is CCOC(=O)c1sc(NC(=O)C2CC(c3ccccc3Cl)=NO2)c(C(=O)OCC)c1C. The van der Waals surface area contributed by atoms with Gasteiger partial charge in [-0.1, -0.05) is 35.0 Å². The minimum Gasteiger partial charge on any atom is -0.462 e. The zero-order chi connectivity index (χ0) is 22.5. The first kappa shape index (κ1) is 22.8. The maximum Gasteiger partial charge on any atom is 0.348 e. The highest BCUT2D eigenvalue weighted by Crippen LogP contribution is 2.35. The summed E-state index contributed by atoms with van der Waals surface area (Å²) in [5, 5.41) is 7.36. The third kappa shape index (κ3) is 4.88. The zero-order valence-corrected chi connectivity index (χ0v) is 18.8. The zero-order valence-electron chi connectivity index (χ0n) is 17.2. The Morgan fingerprint density at radius 2 is 1.87 bits per heavy atom. The number of nitrogens with zero attached hydrogens (tertiary/aromatic N) is 1. The van der Waals surface area contributed by atoms with E-state index in [2.05, 4.69) is 10.5 Å². The van der Waals surface area contributed by atoms with Crippen LogP contribution in [0.2, 0.25) is 5.02 Å². The smallest absolute Gasteiger partial charge is 0.348 e. The lowest BCUT2D eigenvalue weighted by Gasteiger charge is -2.10. The summed E-state index contributed by atoms with van der Waals surface area (Å²) >= 11 is 7.15. The van der Waals surface area contributed by atoms with Crippen LogP contribution in [0.15, 0.2) is 29.4 Å². The minimum atomic E-state index is -0.908. The van der Waals surface area contributed by atoms with Crippen LogP contribution in [0.3, 0.4) is 0 Å². The van der Waals surface area contributed by atoms with E-state index >= 15 is 0 Å². The molecule has 0 aliphatic carbocycles. The summed E-state index contributed by atoms with van der Waals surface area (Å²) in [6, 6.07) is 7.12. The number of anilines is 1. The van der Waals surface area contributed by atoms with Crippen molar-refractivity contribution in [2.45, 2.75) is 33.3 Å². The number of hydrogen-bond acceptors (Lipinski definition) is 8. The first-order chi connectivity index (χ1) is 14.9. The molecule has 2 heterocycles. The molecule has 0 spiro atoms. The first-order valence-corrected chi connectivity index (χ1v) is 10.8. The number of oxime groups is 1. The van der Waals surface area contributed by atoms with Gasteiger partial charge >= 0.3 is 11.9 Å². The van der Waals surface area contributed by atoms with E-state index in [1.807, 2.05) is 6.07 Å². The number of halogens is 1. The van der Waals surface area contributed by atoms with Crippen LogP contribution >= 0.6 is 22.9 Å². The van der Waals surface area contributed by atoms with Crippen molar-refractivity contribution in [3.05, 3.63) is 50.9 Å². The topological polar surface area (TPSA) is 103 Å². The molecule has 1 amide bonds. The number of amides is 1. The van der Waals surface area contributed by atoms with Gasteiger partial charge in [-0.2, -0.15) is 0 Å². The Labute approximate surface area is 188 Å². The molecule has 1 atom stereocenters. The monoisotopic (exact) mass is 464 g/mol. The van der Waals surface area contributed by atoms with E-state index in [4.69, 9.17) is 25.9 Å². The fraction of sp³-hybridized carbons (Fsp3) is 0.333. The van der Waals surface area contributed by atoms with Gasteiger partial charge in [0.2, 0.25) is 6.10 Å². The van der Waals surface area contributed by atoms with Gasteiger partial charge in [-0.05, 0) is 32.4 Å².